The van der Waals surface area contributed by atoms with E-state index in [1.807, 2.05) is 27.7 Å². The van der Waals surface area contributed by atoms with Gasteiger partial charge in [0, 0.05) is 18.7 Å². The summed E-state index contributed by atoms with van der Waals surface area (Å²) >= 11 is 0. The summed E-state index contributed by atoms with van der Waals surface area (Å²) in [6.07, 6.45) is 1.00. The van der Waals surface area contributed by atoms with Crippen LogP contribution in [0.4, 0.5) is 0 Å². The average Bonchev–Trinajstić information content (AvgIpc) is 3.46. The lowest BCUT2D eigenvalue weighted by Gasteiger charge is -2.26. The number of methoxy groups -OCH3 is 2. The normalized spacial score (nSPS) is 16.8. The molecule has 4 amide bonds. The van der Waals surface area contributed by atoms with Crippen LogP contribution in [0.2, 0.25) is 0 Å². The third kappa shape index (κ3) is 10.6. The number of nitrogens with one attached hydrogen (secondary N) is 3. The fourth-order valence-electron chi connectivity index (χ4n) is 5.62. The first-order valence-corrected chi connectivity index (χ1v) is 17.1. The standard InChI is InChI=1S/C36H50N8O7.ClH/c1-21(2)32(37)34-40-23(5)42-44(34)20-31(46)43-16-9-8-15-38-35(47)24-13-14-28(50-7)29(17-24)51-27-12-10-11-26(49-6)25(27)18-39-36(48)33(22(3)4)41-30(45)19-43;/h10-14,17,21-22,32-33H,8-9,15-16,18-20,37H2,1-7H3,(H,38,47)(H,39,48)(H,41,45);1H/t32-,33+;/m0./s1. The third-order valence-electron chi connectivity index (χ3n) is 8.60. The number of benzene rings is 2. The van der Waals surface area contributed by atoms with Gasteiger partial charge in [-0.15, -0.1) is 12.4 Å². The van der Waals surface area contributed by atoms with Crippen LogP contribution in [0.1, 0.15) is 74.1 Å². The molecule has 1 aromatic heterocycles. The zero-order valence-electron chi connectivity index (χ0n) is 30.9. The molecule has 4 rings (SSSR count). The van der Waals surface area contributed by atoms with Crippen LogP contribution in [0.25, 0.3) is 0 Å². The molecule has 3 aromatic rings. The van der Waals surface area contributed by atoms with E-state index in [-0.39, 0.29) is 62.2 Å². The molecule has 1 aliphatic heterocycles. The van der Waals surface area contributed by atoms with E-state index >= 15 is 0 Å². The van der Waals surface area contributed by atoms with Gasteiger partial charge in [0.05, 0.1) is 38.9 Å². The van der Waals surface area contributed by atoms with E-state index in [4.69, 9.17) is 19.9 Å². The number of nitrogens with two attached hydrogens (primary N) is 1. The van der Waals surface area contributed by atoms with Crippen LogP contribution >= 0.6 is 12.4 Å². The van der Waals surface area contributed by atoms with Gasteiger partial charge < -0.3 is 40.8 Å². The van der Waals surface area contributed by atoms with Crippen LogP contribution in [0.15, 0.2) is 36.4 Å². The predicted molar refractivity (Wildman–Crippen MR) is 197 cm³/mol. The molecule has 5 N–H and O–H groups in total. The number of halogens is 1. The Balaban J connectivity index is 0.00000729. The van der Waals surface area contributed by atoms with Gasteiger partial charge in [-0.3, -0.25) is 19.2 Å². The summed E-state index contributed by atoms with van der Waals surface area (Å²) in [6.45, 7) is 9.37. The monoisotopic (exact) mass is 742 g/mol. The van der Waals surface area contributed by atoms with Crippen molar-refractivity contribution in [3.63, 3.8) is 0 Å². The molecule has 0 fully saturated rings. The van der Waals surface area contributed by atoms with Gasteiger partial charge in [-0.25, -0.2) is 9.67 Å². The van der Waals surface area contributed by atoms with Crippen LogP contribution in [0.3, 0.4) is 0 Å². The Kier molecular flexibility index (Phi) is 15.2. The van der Waals surface area contributed by atoms with Crippen LogP contribution in [0, 0.1) is 18.8 Å². The van der Waals surface area contributed by atoms with Crippen LogP contribution in [-0.2, 0) is 27.5 Å². The minimum absolute atomic E-state index is 0. The van der Waals surface area contributed by atoms with Crippen LogP contribution in [-0.4, -0.2) is 83.2 Å². The van der Waals surface area contributed by atoms with E-state index < -0.39 is 23.9 Å². The topological polar surface area (TPSA) is 192 Å². The molecule has 2 bridgehead atoms. The first kappa shape index (κ1) is 41.5. The first-order chi connectivity index (χ1) is 24.3. The number of rotatable bonds is 7. The van der Waals surface area contributed by atoms with Crippen molar-refractivity contribution in [3.8, 4) is 23.0 Å². The summed E-state index contributed by atoms with van der Waals surface area (Å²) in [5.41, 5.74) is 7.26. The minimum atomic E-state index is -0.903. The third-order valence-corrected chi connectivity index (χ3v) is 8.60. The van der Waals surface area contributed by atoms with Crippen molar-refractivity contribution in [3.05, 3.63) is 59.2 Å². The van der Waals surface area contributed by atoms with Crippen molar-refractivity contribution >= 4 is 36.0 Å². The Morgan fingerprint density at radius 3 is 2.42 bits per heavy atom. The zero-order valence-corrected chi connectivity index (χ0v) is 31.7. The van der Waals surface area contributed by atoms with Gasteiger partial charge in [0.1, 0.15) is 35.7 Å². The summed E-state index contributed by atoms with van der Waals surface area (Å²) in [5, 5.41) is 13.0. The van der Waals surface area contributed by atoms with Crippen molar-refractivity contribution in [2.75, 3.05) is 33.9 Å². The summed E-state index contributed by atoms with van der Waals surface area (Å²) in [5.74, 6) is 0.660. The van der Waals surface area contributed by atoms with E-state index in [9.17, 15) is 19.2 Å². The van der Waals surface area contributed by atoms with Crippen LogP contribution < -0.4 is 35.9 Å². The molecule has 0 unspecified atom stereocenters. The van der Waals surface area contributed by atoms with Gasteiger partial charge in [0.2, 0.25) is 17.7 Å². The second kappa shape index (κ2) is 19.1. The van der Waals surface area contributed by atoms with E-state index in [1.165, 1.54) is 23.8 Å². The minimum Gasteiger partial charge on any atom is -0.496 e. The molecule has 0 saturated carbocycles. The molecule has 0 radical (unpaired) electrons. The van der Waals surface area contributed by atoms with Crippen molar-refractivity contribution in [2.45, 2.75) is 72.6 Å². The molecule has 0 spiro atoms. The lowest BCUT2D eigenvalue weighted by molar-refractivity contribution is -0.138. The van der Waals surface area contributed by atoms with E-state index in [0.29, 0.717) is 65.2 Å². The number of carbonyl (C=O) groups is 4. The van der Waals surface area contributed by atoms with E-state index in [2.05, 4.69) is 26.0 Å². The van der Waals surface area contributed by atoms with Gasteiger partial charge in [-0.1, -0.05) is 33.8 Å². The highest BCUT2D eigenvalue weighted by atomic mass is 35.5. The zero-order chi connectivity index (χ0) is 37.2. The maximum atomic E-state index is 13.8. The van der Waals surface area contributed by atoms with Gasteiger partial charge in [0.25, 0.3) is 5.91 Å². The average molecular weight is 743 g/mol. The first-order valence-electron chi connectivity index (χ1n) is 17.1. The van der Waals surface area contributed by atoms with Crippen LogP contribution in [0.5, 0.6) is 23.0 Å². The number of aryl methyl sites for hydroxylation is 1. The fraction of sp³-hybridized carbons (Fsp3) is 0.500. The van der Waals surface area contributed by atoms with Crippen molar-refractivity contribution < 1.29 is 33.4 Å². The Morgan fingerprint density at radius 1 is 1.02 bits per heavy atom. The van der Waals surface area contributed by atoms with Gasteiger partial charge in [-0.05, 0) is 61.9 Å². The number of fused-ring (bicyclic) bond motifs is 3. The SMILES string of the molecule is COc1ccc2cc1Oc1cccc(OC)c1CNC(=O)[C@@H](C(C)C)NC(=O)CN(C(=O)Cn1nc(C)nc1[C@@H](N)C(C)C)CCCCNC2=O.Cl. The highest BCUT2D eigenvalue weighted by Crippen LogP contribution is 2.37. The maximum Gasteiger partial charge on any atom is 0.251 e. The number of ether oxygens (including phenoxy) is 3. The van der Waals surface area contributed by atoms with Gasteiger partial charge in [0.15, 0.2) is 11.5 Å². The number of amides is 4. The highest BCUT2D eigenvalue weighted by molar-refractivity contribution is 5.95. The molecular weight excluding hydrogens is 692 g/mol. The van der Waals surface area contributed by atoms with Crippen molar-refractivity contribution in [1.29, 1.82) is 0 Å². The van der Waals surface area contributed by atoms with Gasteiger partial charge >= 0.3 is 0 Å². The Bertz CT molecular complexity index is 1710. The number of hydrogen-bond acceptors (Lipinski definition) is 10. The maximum absolute atomic E-state index is 13.8. The molecule has 2 heterocycles. The molecule has 2 atom stereocenters. The number of hydrogen-bond donors (Lipinski definition) is 4. The van der Waals surface area contributed by atoms with Gasteiger partial charge in [-0.2, -0.15) is 5.10 Å². The Morgan fingerprint density at radius 2 is 1.75 bits per heavy atom. The molecule has 284 valence electrons. The molecule has 1 aliphatic rings. The second-order valence-electron chi connectivity index (χ2n) is 13.1. The number of aromatic nitrogens is 3. The second-order valence-corrected chi connectivity index (χ2v) is 13.1. The fourth-order valence-corrected chi connectivity index (χ4v) is 5.62. The summed E-state index contributed by atoms with van der Waals surface area (Å²) in [6, 6.07) is 8.73. The summed E-state index contributed by atoms with van der Waals surface area (Å²) in [4.78, 5) is 59.9. The molecular formula is C36H51ClN8O7. The number of nitrogens with zero attached hydrogens (tertiary/aromatic N) is 4. The molecule has 16 heteroatoms. The Labute approximate surface area is 310 Å². The molecule has 0 aliphatic carbocycles. The molecule has 0 saturated heterocycles. The summed E-state index contributed by atoms with van der Waals surface area (Å²) in [7, 11) is 3.01. The van der Waals surface area contributed by atoms with Crippen molar-refractivity contribution in [2.24, 2.45) is 17.6 Å². The van der Waals surface area contributed by atoms with E-state index in [1.54, 1.807) is 43.3 Å². The largest absolute Gasteiger partial charge is 0.496 e. The Hall–Kier alpha value is -4.89. The molecule has 2 aromatic carbocycles. The predicted octanol–water partition coefficient (Wildman–Crippen LogP) is 3.28. The number of carbonyl (C=O) groups excluding carboxylic acids is 4. The lowest BCUT2D eigenvalue weighted by atomic mass is 10.0. The molecule has 52 heavy (non-hydrogen) atoms. The quantitative estimate of drug-likeness (QED) is 0.279. The summed E-state index contributed by atoms with van der Waals surface area (Å²) < 4.78 is 18.9. The highest BCUT2D eigenvalue weighted by Gasteiger charge is 2.28. The lowest BCUT2D eigenvalue weighted by Crippen LogP contribution is -2.52. The smallest absolute Gasteiger partial charge is 0.251 e. The van der Waals surface area contributed by atoms with E-state index in [0.717, 1.165) is 0 Å². The van der Waals surface area contributed by atoms with Crippen molar-refractivity contribution in [1.82, 2.24) is 35.6 Å². The molecule has 15 nitrogen and oxygen atoms in total.